The summed E-state index contributed by atoms with van der Waals surface area (Å²) in [5.41, 5.74) is 4.05. The number of carbonyl (C=O) groups excluding carboxylic acids is 1. The summed E-state index contributed by atoms with van der Waals surface area (Å²) in [6.07, 6.45) is 0. The molecule has 0 bridgehead atoms. The summed E-state index contributed by atoms with van der Waals surface area (Å²) >= 11 is 0. The number of hydrogen-bond donors (Lipinski definition) is 1. The Labute approximate surface area is 165 Å². The van der Waals surface area contributed by atoms with Gasteiger partial charge in [0.05, 0.1) is 17.1 Å². The third kappa shape index (κ3) is 4.37. The van der Waals surface area contributed by atoms with Crippen molar-refractivity contribution in [2.24, 2.45) is 0 Å². The third-order valence-electron chi connectivity index (χ3n) is 4.70. The Hall–Kier alpha value is -2.77. The molecule has 1 heterocycles. The molecule has 1 N–H and O–H groups in total. The van der Waals surface area contributed by atoms with Crippen molar-refractivity contribution < 1.29 is 13.2 Å². The molecule has 0 saturated carbocycles. The van der Waals surface area contributed by atoms with Gasteiger partial charge in [0.25, 0.3) is 0 Å². The van der Waals surface area contributed by atoms with Crippen molar-refractivity contribution >= 4 is 15.8 Å². The van der Waals surface area contributed by atoms with Crippen LogP contribution in [0.15, 0.2) is 59.5 Å². The fraction of sp³-hybridized carbons (Fsp3) is 0.238. The number of nitrogens with zero attached hydrogens (tertiary/aromatic N) is 2. The second kappa shape index (κ2) is 8.08. The summed E-state index contributed by atoms with van der Waals surface area (Å²) in [5.74, 6) is -0.175. The largest absolute Gasteiger partial charge is 0.295 e. The molecule has 3 aromatic rings. The summed E-state index contributed by atoms with van der Waals surface area (Å²) in [4.78, 5) is 11.6. The molecule has 28 heavy (non-hydrogen) atoms. The first-order valence-electron chi connectivity index (χ1n) is 8.95. The molecule has 0 aliphatic heterocycles. The summed E-state index contributed by atoms with van der Waals surface area (Å²) in [5, 5.41) is 4.55. The summed E-state index contributed by atoms with van der Waals surface area (Å²) in [6, 6.07) is 16.0. The predicted molar refractivity (Wildman–Crippen MR) is 108 cm³/mol. The van der Waals surface area contributed by atoms with Crippen LogP contribution in [0.3, 0.4) is 0 Å². The van der Waals surface area contributed by atoms with E-state index in [0.717, 1.165) is 22.5 Å². The molecule has 0 amide bonds. The van der Waals surface area contributed by atoms with Crippen LogP contribution in [0.4, 0.5) is 0 Å². The molecule has 0 saturated heterocycles. The normalized spacial score (nSPS) is 11.5. The van der Waals surface area contributed by atoms with Gasteiger partial charge in [-0.25, -0.2) is 13.1 Å². The average Bonchev–Trinajstić information content (AvgIpc) is 2.94. The fourth-order valence-corrected chi connectivity index (χ4v) is 4.07. The van der Waals surface area contributed by atoms with Crippen molar-refractivity contribution in [2.75, 3.05) is 0 Å². The molecule has 1 aromatic heterocycles. The van der Waals surface area contributed by atoms with Crippen molar-refractivity contribution in [2.45, 2.75) is 38.8 Å². The Bertz CT molecular complexity index is 1100. The molecule has 0 aliphatic rings. The van der Waals surface area contributed by atoms with Crippen LogP contribution in [-0.2, 0) is 23.1 Å². The lowest BCUT2D eigenvalue weighted by atomic mass is 10.2. The van der Waals surface area contributed by atoms with E-state index in [9.17, 15) is 13.2 Å². The van der Waals surface area contributed by atoms with E-state index < -0.39 is 10.0 Å². The van der Waals surface area contributed by atoms with Crippen LogP contribution < -0.4 is 4.72 Å². The van der Waals surface area contributed by atoms with Gasteiger partial charge in [0.15, 0.2) is 5.78 Å². The van der Waals surface area contributed by atoms with Crippen LogP contribution in [0.25, 0.3) is 0 Å². The number of Topliss-reactive ketones (excluding diaryl/α,β-unsaturated/α-hetero) is 1. The van der Waals surface area contributed by atoms with Gasteiger partial charge in [-0.05, 0) is 38.5 Å². The summed E-state index contributed by atoms with van der Waals surface area (Å²) < 4.78 is 29.8. The van der Waals surface area contributed by atoms with Crippen LogP contribution in [0, 0.1) is 13.8 Å². The van der Waals surface area contributed by atoms with E-state index in [4.69, 9.17) is 0 Å². The SMILES string of the molecule is CC(=O)c1cccc(S(=O)(=O)NCc2c(C)nn(Cc3ccccc3)c2C)c1. The maximum Gasteiger partial charge on any atom is 0.240 e. The first-order chi connectivity index (χ1) is 13.3. The van der Waals surface area contributed by atoms with Gasteiger partial charge >= 0.3 is 0 Å². The van der Waals surface area contributed by atoms with E-state index in [1.54, 1.807) is 12.1 Å². The molecule has 0 unspecified atom stereocenters. The molecule has 0 aliphatic carbocycles. The van der Waals surface area contributed by atoms with Crippen molar-refractivity contribution in [1.82, 2.24) is 14.5 Å². The number of hydrogen-bond acceptors (Lipinski definition) is 4. The molecular weight excluding hydrogens is 374 g/mol. The molecule has 7 heteroatoms. The lowest BCUT2D eigenvalue weighted by molar-refractivity contribution is 0.101. The molecule has 0 atom stereocenters. The highest BCUT2D eigenvalue weighted by atomic mass is 32.2. The average molecular weight is 398 g/mol. The standard InChI is InChI=1S/C21H23N3O3S/c1-15-21(16(2)24(23-15)14-18-8-5-4-6-9-18)13-22-28(26,27)20-11-7-10-19(12-20)17(3)25/h4-12,22H,13-14H2,1-3H3. The van der Waals surface area contributed by atoms with Crippen LogP contribution in [0.1, 0.15) is 39.8 Å². The van der Waals surface area contributed by atoms with Gasteiger partial charge < -0.3 is 0 Å². The predicted octanol–water partition coefficient (Wildman–Crippen LogP) is 3.23. The lowest BCUT2D eigenvalue weighted by Gasteiger charge is -2.09. The highest BCUT2D eigenvalue weighted by Crippen LogP contribution is 2.17. The Morgan fingerprint density at radius 3 is 2.46 bits per heavy atom. The van der Waals surface area contributed by atoms with E-state index in [-0.39, 0.29) is 17.2 Å². The molecule has 0 fully saturated rings. The first kappa shape index (κ1) is 20.0. The van der Waals surface area contributed by atoms with Gasteiger partial charge in [-0.1, -0.05) is 42.5 Å². The number of carbonyl (C=O) groups is 1. The summed E-state index contributed by atoms with van der Waals surface area (Å²) in [7, 11) is -3.74. The smallest absolute Gasteiger partial charge is 0.240 e. The molecule has 146 valence electrons. The van der Waals surface area contributed by atoms with Gasteiger partial charge in [-0.15, -0.1) is 0 Å². The minimum Gasteiger partial charge on any atom is -0.295 e. The quantitative estimate of drug-likeness (QED) is 0.621. The second-order valence-corrected chi connectivity index (χ2v) is 8.47. The van der Waals surface area contributed by atoms with Crippen molar-refractivity contribution in [3.8, 4) is 0 Å². The Morgan fingerprint density at radius 2 is 1.79 bits per heavy atom. The molecule has 0 spiro atoms. The summed E-state index contributed by atoms with van der Waals surface area (Å²) in [6.45, 7) is 5.98. The van der Waals surface area contributed by atoms with Crippen molar-refractivity contribution in [3.63, 3.8) is 0 Å². The highest BCUT2D eigenvalue weighted by molar-refractivity contribution is 7.89. The maximum absolute atomic E-state index is 12.7. The van der Waals surface area contributed by atoms with E-state index in [2.05, 4.69) is 9.82 Å². The maximum atomic E-state index is 12.7. The minimum atomic E-state index is -3.74. The van der Waals surface area contributed by atoms with E-state index in [1.165, 1.54) is 19.1 Å². The minimum absolute atomic E-state index is 0.0761. The van der Waals surface area contributed by atoms with E-state index >= 15 is 0 Å². The third-order valence-corrected chi connectivity index (χ3v) is 6.10. The molecular formula is C21H23N3O3S. The Kier molecular flexibility index (Phi) is 5.76. The number of aryl methyl sites for hydroxylation is 1. The first-order valence-corrected chi connectivity index (χ1v) is 10.4. The van der Waals surface area contributed by atoms with Crippen LogP contribution in [0.2, 0.25) is 0 Å². The lowest BCUT2D eigenvalue weighted by Crippen LogP contribution is -2.24. The number of rotatable bonds is 7. The Balaban J connectivity index is 1.79. The molecule has 3 rings (SSSR count). The number of aromatic nitrogens is 2. The van der Waals surface area contributed by atoms with Crippen LogP contribution >= 0.6 is 0 Å². The van der Waals surface area contributed by atoms with Gasteiger partial charge in [-0.3, -0.25) is 9.48 Å². The van der Waals surface area contributed by atoms with Crippen molar-refractivity contribution in [1.29, 1.82) is 0 Å². The van der Waals surface area contributed by atoms with Crippen molar-refractivity contribution in [3.05, 3.63) is 82.7 Å². The Morgan fingerprint density at radius 1 is 1.07 bits per heavy atom. The fourth-order valence-electron chi connectivity index (χ4n) is 3.03. The number of benzene rings is 2. The van der Waals surface area contributed by atoms with Gasteiger partial charge in [0.2, 0.25) is 10.0 Å². The molecule has 0 radical (unpaired) electrons. The highest BCUT2D eigenvalue weighted by Gasteiger charge is 2.18. The van der Waals surface area contributed by atoms with E-state index in [1.807, 2.05) is 48.9 Å². The zero-order valence-electron chi connectivity index (χ0n) is 16.1. The van der Waals surface area contributed by atoms with Gasteiger partial charge in [0.1, 0.15) is 0 Å². The van der Waals surface area contributed by atoms with E-state index in [0.29, 0.717) is 12.1 Å². The second-order valence-electron chi connectivity index (χ2n) is 6.70. The topological polar surface area (TPSA) is 81.1 Å². The zero-order chi connectivity index (χ0) is 20.3. The van der Waals surface area contributed by atoms with Crippen LogP contribution in [-0.4, -0.2) is 24.0 Å². The van der Waals surface area contributed by atoms with Gasteiger partial charge in [-0.2, -0.15) is 5.10 Å². The molecule has 6 nitrogen and oxygen atoms in total. The van der Waals surface area contributed by atoms with Crippen LogP contribution in [0.5, 0.6) is 0 Å². The number of sulfonamides is 1. The zero-order valence-corrected chi connectivity index (χ0v) is 17.0. The monoisotopic (exact) mass is 397 g/mol. The molecule has 2 aromatic carbocycles. The number of ketones is 1. The number of nitrogens with one attached hydrogen (secondary N) is 1. The van der Waals surface area contributed by atoms with Gasteiger partial charge in [0, 0.05) is 23.4 Å².